The highest BCUT2D eigenvalue weighted by atomic mass is 16.4. The second kappa shape index (κ2) is 4.05. The minimum absolute atomic E-state index is 0.119. The molecule has 0 unspecified atom stereocenters. The fourth-order valence-electron chi connectivity index (χ4n) is 1.54. The van der Waals surface area contributed by atoms with E-state index in [4.69, 9.17) is 5.11 Å². The van der Waals surface area contributed by atoms with Gasteiger partial charge in [0.1, 0.15) is 0 Å². The molecule has 2 heterocycles. The molecule has 0 atom stereocenters. The molecule has 1 N–H and O–H groups in total. The average molecular weight is 222 g/mol. The minimum atomic E-state index is -0.999. The summed E-state index contributed by atoms with van der Waals surface area (Å²) in [6.07, 6.45) is 2.68. The summed E-state index contributed by atoms with van der Waals surface area (Å²) in [6.45, 7) is 1.78. The van der Waals surface area contributed by atoms with E-state index in [9.17, 15) is 4.79 Å². The number of aromatic carboxylic acids is 1. The molecule has 0 aliphatic carbocycles. The van der Waals surface area contributed by atoms with Crippen LogP contribution in [0.25, 0.3) is 0 Å². The van der Waals surface area contributed by atoms with Crippen molar-refractivity contribution in [3.63, 3.8) is 0 Å². The average Bonchev–Trinajstić information content (AvgIpc) is 2.15. The van der Waals surface area contributed by atoms with Gasteiger partial charge in [-0.3, -0.25) is 0 Å². The van der Waals surface area contributed by atoms with Crippen molar-refractivity contribution in [1.29, 1.82) is 0 Å². The number of hydrogen-bond donors (Lipinski definition) is 1. The molecular weight excluding hydrogens is 208 g/mol. The van der Waals surface area contributed by atoms with Gasteiger partial charge in [-0.05, 0) is 14.1 Å². The van der Waals surface area contributed by atoms with Crippen LogP contribution < -0.4 is 4.90 Å². The fourth-order valence-corrected chi connectivity index (χ4v) is 1.54. The first-order valence-corrected chi connectivity index (χ1v) is 5.04. The Bertz CT molecular complexity index is 384. The van der Waals surface area contributed by atoms with Crippen LogP contribution >= 0.6 is 0 Å². The highest BCUT2D eigenvalue weighted by Crippen LogP contribution is 2.18. The Hall–Kier alpha value is -1.69. The summed E-state index contributed by atoms with van der Waals surface area (Å²) in [6, 6.07) is 0.530. The zero-order chi connectivity index (χ0) is 11.7. The number of anilines is 1. The summed E-state index contributed by atoms with van der Waals surface area (Å²) < 4.78 is 0. The number of carboxylic acids is 1. The number of likely N-dealkylation sites (N-methyl/N-ethyl adjacent to an activating group) is 1. The minimum Gasteiger partial charge on any atom is -0.478 e. The zero-order valence-electron chi connectivity index (χ0n) is 9.29. The monoisotopic (exact) mass is 222 g/mol. The van der Waals surface area contributed by atoms with Crippen LogP contribution in [-0.4, -0.2) is 59.2 Å². The molecule has 2 rings (SSSR count). The van der Waals surface area contributed by atoms with E-state index in [0.717, 1.165) is 13.1 Å². The second-order valence-corrected chi connectivity index (χ2v) is 4.10. The third-order valence-electron chi connectivity index (χ3n) is 2.76. The molecule has 0 radical (unpaired) electrons. The Kier molecular flexibility index (Phi) is 2.74. The van der Waals surface area contributed by atoms with E-state index in [1.165, 1.54) is 12.4 Å². The van der Waals surface area contributed by atoms with Crippen molar-refractivity contribution >= 4 is 11.9 Å². The summed E-state index contributed by atoms with van der Waals surface area (Å²) in [4.78, 5) is 22.8. The molecule has 1 aromatic rings. The Labute approximate surface area is 93.5 Å². The second-order valence-electron chi connectivity index (χ2n) is 4.10. The van der Waals surface area contributed by atoms with Gasteiger partial charge in [-0.25, -0.2) is 14.8 Å². The first-order valence-electron chi connectivity index (χ1n) is 5.04. The first kappa shape index (κ1) is 10.8. The predicted molar refractivity (Wildman–Crippen MR) is 58.7 cm³/mol. The van der Waals surface area contributed by atoms with E-state index in [1.54, 1.807) is 0 Å². The number of carboxylic acid groups (broad SMARTS) is 1. The lowest BCUT2D eigenvalue weighted by Gasteiger charge is -2.42. The summed E-state index contributed by atoms with van der Waals surface area (Å²) in [5.41, 5.74) is 0.119. The molecule has 0 bridgehead atoms. The molecule has 0 spiro atoms. The van der Waals surface area contributed by atoms with Gasteiger partial charge in [0.25, 0.3) is 0 Å². The molecule has 0 saturated carbocycles. The van der Waals surface area contributed by atoms with Gasteiger partial charge in [-0.1, -0.05) is 0 Å². The SMILES string of the molecule is CN(C)C1CN(c2ncc(C(=O)O)cn2)C1. The van der Waals surface area contributed by atoms with Crippen LogP contribution in [0, 0.1) is 0 Å². The maximum absolute atomic E-state index is 10.6. The van der Waals surface area contributed by atoms with Crippen molar-refractivity contribution in [2.45, 2.75) is 6.04 Å². The summed E-state index contributed by atoms with van der Waals surface area (Å²) >= 11 is 0. The smallest absolute Gasteiger partial charge is 0.338 e. The van der Waals surface area contributed by atoms with Gasteiger partial charge in [-0.15, -0.1) is 0 Å². The Morgan fingerprint density at radius 1 is 1.44 bits per heavy atom. The highest BCUT2D eigenvalue weighted by Gasteiger charge is 2.29. The van der Waals surface area contributed by atoms with Crippen molar-refractivity contribution in [3.05, 3.63) is 18.0 Å². The van der Waals surface area contributed by atoms with Crippen LogP contribution in [0.15, 0.2) is 12.4 Å². The van der Waals surface area contributed by atoms with Crippen LogP contribution in [0.5, 0.6) is 0 Å². The van der Waals surface area contributed by atoms with Gasteiger partial charge in [0.2, 0.25) is 5.95 Å². The van der Waals surface area contributed by atoms with Crippen LogP contribution in [0.1, 0.15) is 10.4 Å². The normalized spacial score (nSPS) is 16.3. The number of rotatable bonds is 3. The van der Waals surface area contributed by atoms with E-state index in [-0.39, 0.29) is 5.56 Å². The van der Waals surface area contributed by atoms with Crippen molar-refractivity contribution < 1.29 is 9.90 Å². The summed E-state index contributed by atoms with van der Waals surface area (Å²) in [5, 5.41) is 8.70. The lowest BCUT2D eigenvalue weighted by Crippen LogP contribution is -2.58. The van der Waals surface area contributed by atoms with Crippen molar-refractivity contribution in [2.75, 3.05) is 32.1 Å². The van der Waals surface area contributed by atoms with Gasteiger partial charge < -0.3 is 14.9 Å². The molecule has 16 heavy (non-hydrogen) atoms. The molecule has 6 nitrogen and oxygen atoms in total. The van der Waals surface area contributed by atoms with Crippen molar-refractivity contribution in [2.24, 2.45) is 0 Å². The topological polar surface area (TPSA) is 69.6 Å². The van der Waals surface area contributed by atoms with E-state index < -0.39 is 5.97 Å². The van der Waals surface area contributed by atoms with Gasteiger partial charge in [-0.2, -0.15) is 0 Å². The molecule has 1 aliphatic heterocycles. The fraction of sp³-hybridized carbons (Fsp3) is 0.500. The van der Waals surface area contributed by atoms with E-state index in [0.29, 0.717) is 12.0 Å². The third kappa shape index (κ3) is 1.96. The first-order chi connectivity index (χ1) is 7.58. The molecule has 0 aromatic carbocycles. The summed E-state index contributed by atoms with van der Waals surface area (Å²) in [7, 11) is 4.08. The lowest BCUT2D eigenvalue weighted by molar-refractivity contribution is 0.0696. The Morgan fingerprint density at radius 2 is 2.00 bits per heavy atom. The van der Waals surface area contributed by atoms with Gasteiger partial charge in [0.15, 0.2) is 0 Å². The van der Waals surface area contributed by atoms with Crippen molar-refractivity contribution in [3.8, 4) is 0 Å². The highest BCUT2D eigenvalue weighted by molar-refractivity contribution is 5.86. The van der Waals surface area contributed by atoms with Crippen molar-refractivity contribution in [1.82, 2.24) is 14.9 Å². The number of hydrogen-bond acceptors (Lipinski definition) is 5. The third-order valence-corrected chi connectivity index (χ3v) is 2.76. The van der Waals surface area contributed by atoms with E-state index >= 15 is 0 Å². The maximum atomic E-state index is 10.6. The lowest BCUT2D eigenvalue weighted by atomic mass is 10.1. The predicted octanol–water partition coefficient (Wildman–Crippen LogP) is -0.0750. The molecule has 1 fully saturated rings. The van der Waals surface area contributed by atoms with E-state index in [2.05, 4.69) is 14.9 Å². The van der Waals surface area contributed by atoms with Gasteiger partial charge >= 0.3 is 5.97 Å². The number of aromatic nitrogens is 2. The molecule has 86 valence electrons. The molecule has 6 heteroatoms. The van der Waals surface area contributed by atoms with Crippen LogP contribution in [0.2, 0.25) is 0 Å². The molecule has 0 amide bonds. The number of carbonyl (C=O) groups is 1. The van der Waals surface area contributed by atoms with E-state index in [1.807, 2.05) is 19.0 Å². The summed E-state index contributed by atoms with van der Waals surface area (Å²) in [5.74, 6) is -0.399. The maximum Gasteiger partial charge on any atom is 0.338 e. The molecule has 1 aliphatic rings. The molecule has 1 saturated heterocycles. The Balaban J connectivity index is 1.99. The standard InChI is InChI=1S/C10H14N4O2/c1-13(2)8-5-14(6-8)10-11-3-7(4-12-10)9(15)16/h3-4,8H,5-6H2,1-2H3,(H,15,16). The van der Waals surface area contributed by atoms with Crippen LogP contribution in [0.3, 0.4) is 0 Å². The number of nitrogens with zero attached hydrogens (tertiary/aromatic N) is 4. The van der Waals surface area contributed by atoms with Gasteiger partial charge in [0.05, 0.1) is 5.56 Å². The van der Waals surface area contributed by atoms with Crippen LogP contribution in [-0.2, 0) is 0 Å². The van der Waals surface area contributed by atoms with Crippen LogP contribution in [0.4, 0.5) is 5.95 Å². The largest absolute Gasteiger partial charge is 0.478 e. The van der Waals surface area contributed by atoms with Gasteiger partial charge in [0, 0.05) is 31.5 Å². The molecule has 1 aromatic heterocycles. The Morgan fingerprint density at radius 3 is 2.44 bits per heavy atom. The quantitative estimate of drug-likeness (QED) is 0.771. The molecular formula is C10H14N4O2. The zero-order valence-corrected chi connectivity index (χ0v) is 9.29.